The van der Waals surface area contributed by atoms with Crippen LogP contribution in [0.4, 0.5) is 5.69 Å². The highest BCUT2D eigenvalue weighted by molar-refractivity contribution is 9.09. The molecule has 4 rings (SSSR count). The van der Waals surface area contributed by atoms with Gasteiger partial charge in [0.2, 0.25) is 53.7 Å². The van der Waals surface area contributed by atoms with Gasteiger partial charge in [0.25, 0.3) is 5.91 Å². The molecular weight excluding hydrogens is 1320 g/mol. The maximum absolute atomic E-state index is 13.5. The number of carbonyl (C=O) groups is 10. The fraction of sp³-hybridized carbons (Fsp3) is 0.625. The lowest BCUT2D eigenvalue weighted by Crippen LogP contribution is -2.55. The van der Waals surface area contributed by atoms with Gasteiger partial charge in [-0.2, -0.15) is 0 Å². The summed E-state index contributed by atoms with van der Waals surface area (Å²) in [5.74, 6) is -3.46. The first-order chi connectivity index (χ1) is 43.8. The van der Waals surface area contributed by atoms with E-state index in [1.807, 2.05) is 51.6 Å². The average Bonchev–Trinajstić information content (AvgIpc) is 1.14. The van der Waals surface area contributed by atoms with E-state index in [1.54, 1.807) is 68.6 Å². The molecule has 92 heavy (non-hydrogen) atoms. The first-order valence-electron chi connectivity index (χ1n) is 31.4. The van der Waals surface area contributed by atoms with Crippen molar-refractivity contribution in [3.05, 3.63) is 65.0 Å². The molecule has 1 aromatic heterocycles. The third kappa shape index (κ3) is 29.1. The summed E-state index contributed by atoms with van der Waals surface area (Å²) in [6.45, 7) is 19.4. The van der Waals surface area contributed by atoms with Gasteiger partial charge < -0.3 is 67.5 Å². The second kappa shape index (κ2) is 45.6. The molecule has 28 heteroatoms. The van der Waals surface area contributed by atoms with Crippen molar-refractivity contribution >= 4 is 108 Å². The molecular formula is C64H104Br2N14O12. The number of nitrogens with one attached hydrogen (secondary N) is 8. The van der Waals surface area contributed by atoms with Gasteiger partial charge in [-0.15, -0.1) is 0 Å². The first kappa shape index (κ1) is 83.3. The van der Waals surface area contributed by atoms with E-state index >= 15 is 0 Å². The summed E-state index contributed by atoms with van der Waals surface area (Å²) in [5.41, 5.74) is 9.94. The zero-order valence-corrected chi connectivity index (χ0v) is 59.8. The highest BCUT2D eigenvalue weighted by Gasteiger charge is 2.40. The molecule has 10 N–H and O–H groups in total. The lowest BCUT2D eigenvalue weighted by molar-refractivity contribution is -0.144. The monoisotopic (exact) mass is 1420 g/mol. The summed E-state index contributed by atoms with van der Waals surface area (Å²) in [6.07, 6.45) is 4.79. The van der Waals surface area contributed by atoms with Crippen LogP contribution in [-0.4, -0.2) is 208 Å². The molecule has 1 aliphatic rings. The molecule has 1 fully saturated rings. The number of ether oxygens (including phenoxy) is 2. The number of rotatable bonds is 34. The quantitative estimate of drug-likeness (QED) is 0.0302. The van der Waals surface area contributed by atoms with E-state index in [1.165, 1.54) is 6.42 Å². The Bertz CT molecular complexity index is 2790. The van der Waals surface area contributed by atoms with Gasteiger partial charge in [0, 0.05) is 62.3 Å². The molecule has 2 aromatic carbocycles. The maximum Gasteiger partial charge on any atom is 0.251 e. The van der Waals surface area contributed by atoms with Crippen molar-refractivity contribution in [3.63, 3.8) is 0 Å². The lowest BCUT2D eigenvalue weighted by Gasteiger charge is -2.39. The van der Waals surface area contributed by atoms with Crippen LogP contribution in [0.5, 0.6) is 0 Å². The summed E-state index contributed by atoms with van der Waals surface area (Å²) in [7, 11) is 8.78. The minimum Gasteiger partial charge on any atom is -0.379 e. The number of amides is 10. The number of carbonyl (C=O) groups excluding carboxylic acids is 10. The average molecular weight is 1420 g/mol. The second-order valence-electron chi connectivity index (χ2n) is 22.7. The van der Waals surface area contributed by atoms with Crippen LogP contribution < -0.4 is 48.3 Å². The fourth-order valence-electron chi connectivity index (χ4n) is 10.1. The third-order valence-corrected chi connectivity index (χ3v) is 15.8. The lowest BCUT2D eigenvalue weighted by atomic mass is 9.90. The van der Waals surface area contributed by atoms with E-state index in [-0.39, 0.29) is 91.4 Å². The van der Waals surface area contributed by atoms with Gasteiger partial charge in [-0.1, -0.05) is 126 Å². The van der Waals surface area contributed by atoms with E-state index in [2.05, 4.69) is 126 Å². The predicted molar refractivity (Wildman–Crippen MR) is 364 cm³/mol. The summed E-state index contributed by atoms with van der Waals surface area (Å²) in [6, 6.07) is 10.9. The van der Waals surface area contributed by atoms with E-state index in [0.29, 0.717) is 52.7 Å². The van der Waals surface area contributed by atoms with Crippen molar-refractivity contribution in [2.45, 2.75) is 155 Å². The first-order valence-corrected chi connectivity index (χ1v) is 33.6. The van der Waals surface area contributed by atoms with E-state index in [9.17, 15) is 47.9 Å². The Labute approximate surface area is 560 Å². The number of halogens is 2. The second-order valence-corrected chi connectivity index (χ2v) is 23.8. The van der Waals surface area contributed by atoms with Gasteiger partial charge in [-0.3, -0.25) is 52.8 Å². The van der Waals surface area contributed by atoms with Gasteiger partial charge in [0.1, 0.15) is 0 Å². The van der Waals surface area contributed by atoms with Crippen molar-refractivity contribution in [3.8, 4) is 0 Å². The SMILES string of the molecule is CC.CCC.CCC(C)C(C(CC(=O)N1CCCC1C(OC)C(C)C)OC)N(C)C(=O)CNC(=O)C(C(C)C)N(C)C.NCC(Cc1ccc(NC(=O)CNC(=O)CNC(=O)CNC(=O)CNC(=O)CNC(=O)c2ccc3nc(CBr)c(CBr)nc3c2)cc1)NC=O. The number of nitrogens with two attached hydrogens (primary N) is 1. The number of nitrogens with zero attached hydrogens (tertiary/aromatic N) is 5. The standard InChI is InChI=1S/C31H36Br2N10O7.C28H54N4O5.C3H8.C2H6/c32-9-24-25(10-33)43-23-8-19(3-6-22(23)42-24)31(50)39-15-29(48)37-13-27(46)35-12-26(45)36-14-28(47)38-16-30(49)41-20-4-1-18(2-5-20)7-21(11-34)40-17-44;1-12-20(6)26(31(9)24(34)17-29-28(35)25(18(2)3)30(7)8)22(36-10)16-23(33)32-15-13-14-21(32)27(37-11)19(4)5;1-3-2;1-2/h1-6,8,17,21H,7,9-16,34H2,(H,35,46)(H,36,45)(H,37,48)(H,38,47)(H,39,50)(H,40,44)(H,41,49);18-22,25-27H,12-17H2,1-11H3,(H,29,35);3H2,1-2H3;1-2H3. The van der Waals surface area contributed by atoms with Crippen LogP contribution in [0, 0.1) is 17.8 Å². The zero-order valence-electron chi connectivity index (χ0n) is 56.6. The number of benzene rings is 2. The number of hydrogen-bond acceptors (Lipinski definition) is 16. The van der Waals surface area contributed by atoms with Crippen molar-refractivity contribution in [1.29, 1.82) is 0 Å². The molecule has 0 radical (unpaired) electrons. The molecule has 1 saturated heterocycles. The summed E-state index contributed by atoms with van der Waals surface area (Å²) >= 11 is 6.75. The molecule has 7 atom stereocenters. The van der Waals surface area contributed by atoms with Crippen LogP contribution >= 0.6 is 31.9 Å². The number of anilines is 1. The smallest absolute Gasteiger partial charge is 0.251 e. The summed E-state index contributed by atoms with van der Waals surface area (Å²) in [4.78, 5) is 138. The zero-order chi connectivity index (χ0) is 69.6. The third-order valence-electron chi connectivity index (χ3n) is 14.8. The Morgan fingerprint density at radius 1 is 0.707 bits per heavy atom. The molecule has 10 amide bonds. The molecule has 26 nitrogen and oxygen atoms in total. The van der Waals surface area contributed by atoms with Crippen LogP contribution in [0.1, 0.15) is 129 Å². The molecule has 0 aliphatic carbocycles. The number of methoxy groups -OCH3 is 2. The van der Waals surface area contributed by atoms with Gasteiger partial charge in [0.15, 0.2) is 0 Å². The normalized spacial score (nSPS) is 14.4. The highest BCUT2D eigenvalue weighted by atomic mass is 79.9. The number of hydrogen-bond donors (Lipinski definition) is 9. The van der Waals surface area contributed by atoms with Gasteiger partial charge in [0.05, 0.1) is 98.4 Å². The Hall–Kier alpha value is -6.72. The number of fused-ring (bicyclic) bond motifs is 1. The van der Waals surface area contributed by atoms with Crippen LogP contribution in [0.2, 0.25) is 0 Å². The molecule has 0 bridgehead atoms. The van der Waals surface area contributed by atoms with E-state index < -0.39 is 67.7 Å². The molecule has 7 unspecified atom stereocenters. The molecule has 2 heterocycles. The molecule has 3 aromatic rings. The summed E-state index contributed by atoms with van der Waals surface area (Å²) in [5, 5.41) is 20.8. The molecule has 516 valence electrons. The van der Waals surface area contributed by atoms with Crippen molar-refractivity contribution < 1.29 is 57.4 Å². The van der Waals surface area contributed by atoms with Gasteiger partial charge in [-0.05, 0) is 87.0 Å². The van der Waals surface area contributed by atoms with Gasteiger partial charge in [-0.25, -0.2) is 9.97 Å². The Balaban J connectivity index is 0.000000894. The molecule has 0 spiro atoms. The summed E-state index contributed by atoms with van der Waals surface area (Å²) < 4.78 is 11.6. The van der Waals surface area contributed by atoms with E-state index in [0.717, 1.165) is 36.2 Å². The largest absolute Gasteiger partial charge is 0.379 e. The van der Waals surface area contributed by atoms with Crippen LogP contribution in [0.25, 0.3) is 11.0 Å². The van der Waals surface area contributed by atoms with Crippen molar-refractivity contribution in [2.24, 2.45) is 23.5 Å². The van der Waals surface area contributed by atoms with Gasteiger partial charge >= 0.3 is 0 Å². The Morgan fingerprint density at radius 3 is 1.68 bits per heavy atom. The van der Waals surface area contributed by atoms with E-state index in [4.69, 9.17) is 15.2 Å². The fourth-order valence-corrected chi connectivity index (χ4v) is 11.0. The predicted octanol–water partition coefficient (Wildman–Crippen LogP) is 3.94. The maximum atomic E-state index is 13.5. The number of alkyl halides is 2. The van der Waals surface area contributed by atoms with Crippen molar-refractivity contribution in [2.75, 3.05) is 93.0 Å². The number of likely N-dealkylation sites (tertiary alicyclic amines) is 1. The highest BCUT2D eigenvalue weighted by Crippen LogP contribution is 2.29. The van der Waals surface area contributed by atoms with Crippen LogP contribution in [-0.2, 0) is 69.7 Å². The Morgan fingerprint density at radius 2 is 1.23 bits per heavy atom. The topological polar surface area (TPSA) is 347 Å². The van der Waals surface area contributed by atoms with Crippen LogP contribution in [0.15, 0.2) is 42.5 Å². The minimum atomic E-state index is -0.677. The number of aromatic nitrogens is 2. The van der Waals surface area contributed by atoms with Crippen LogP contribution in [0.3, 0.4) is 0 Å². The molecule has 1 aliphatic heterocycles. The minimum absolute atomic E-state index is 0.0116. The Kier molecular flexibility index (Phi) is 41.2. The molecule has 0 saturated carbocycles. The number of likely N-dealkylation sites (N-methyl/N-ethyl adjacent to an activating group) is 2. The van der Waals surface area contributed by atoms with Crippen molar-refractivity contribution in [1.82, 2.24) is 61.9 Å².